The first-order chi connectivity index (χ1) is 12.2. The van der Waals surface area contributed by atoms with Gasteiger partial charge in [0.1, 0.15) is 0 Å². The summed E-state index contributed by atoms with van der Waals surface area (Å²) in [5.74, 6) is 0.472. The van der Waals surface area contributed by atoms with Gasteiger partial charge in [0, 0.05) is 23.8 Å². The Morgan fingerprint density at radius 2 is 1.96 bits per heavy atom. The number of carbonyl (C=O) groups excluding carboxylic acids is 1. The number of benzene rings is 1. The van der Waals surface area contributed by atoms with Crippen molar-refractivity contribution >= 4 is 17.6 Å². The molecule has 1 heterocycles. The van der Waals surface area contributed by atoms with Crippen molar-refractivity contribution in [3.8, 4) is 0 Å². The molecule has 1 fully saturated rings. The lowest BCUT2D eigenvalue weighted by Gasteiger charge is -2.35. The topological polar surface area (TPSA) is 29.5 Å². The van der Waals surface area contributed by atoms with E-state index in [1.165, 1.54) is 11.1 Å². The highest BCUT2D eigenvalue weighted by Gasteiger charge is 2.24. The van der Waals surface area contributed by atoms with Crippen LogP contribution in [-0.4, -0.2) is 30.6 Å². The van der Waals surface area contributed by atoms with Gasteiger partial charge in [-0.25, -0.2) is 0 Å². The van der Waals surface area contributed by atoms with Gasteiger partial charge in [0.05, 0.1) is 13.0 Å². The molecule has 1 aromatic carbocycles. The van der Waals surface area contributed by atoms with E-state index in [2.05, 4.69) is 44.4 Å². The molecule has 0 aromatic heterocycles. The molecule has 0 radical (unpaired) electrons. The molecule has 3 nitrogen and oxygen atoms in total. The van der Waals surface area contributed by atoms with Crippen molar-refractivity contribution in [3.05, 3.63) is 46.6 Å². The lowest BCUT2D eigenvalue weighted by Crippen LogP contribution is -2.34. The SMILES string of the molecule is C=C(CC(=O)OCC)N1CCC(Cc2ccc(Cl)cc2C(C)(C)C)CC1. The molecule has 0 amide bonds. The van der Waals surface area contributed by atoms with E-state index in [1.54, 1.807) is 0 Å². The molecule has 1 saturated heterocycles. The quantitative estimate of drug-likeness (QED) is 0.625. The van der Waals surface area contributed by atoms with Crippen molar-refractivity contribution in [2.45, 2.75) is 58.8 Å². The second-order valence-electron chi connectivity index (χ2n) is 8.23. The fourth-order valence-corrected chi connectivity index (χ4v) is 3.85. The van der Waals surface area contributed by atoms with Gasteiger partial charge in [0.2, 0.25) is 0 Å². The minimum atomic E-state index is -0.185. The van der Waals surface area contributed by atoms with Crippen LogP contribution in [0.15, 0.2) is 30.5 Å². The number of rotatable bonds is 6. The van der Waals surface area contributed by atoms with E-state index in [-0.39, 0.29) is 11.4 Å². The summed E-state index contributed by atoms with van der Waals surface area (Å²) in [6, 6.07) is 6.31. The van der Waals surface area contributed by atoms with Crippen LogP contribution in [0, 0.1) is 5.92 Å². The summed E-state index contributed by atoms with van der Waals surface area (Å²) < 4.78 is 5.02. The second-order valence-corrected chi connectivity index (χ2v) is 8.67. The summed E-state index contributed by atoms with van der Waals surface area (Å²) in [4.78, 5) is 13.9. The number of halogens is 1. The fraction of sp³-hybridized carbons (Fsp3) is 0.591. The maximum Gasteiger partial charge on any atom is 0.311 e. The maximum absolute atomic E-state index is 11.6. The van der Waals surface area contributed by atoms with Gasteiger partial charge in [-0.15, -0.1) is 0 Å². The second kappa shape index (κ2) is 8.94. The number of likely N-dealkylation sites (tertiary alicyclic amines) is 1. The fourth-order valence-electron chi connectivity index (χ4n) is 3.68. The van der Waals surface area contributed by atoms with Crippen LogP contribution in [0.1, 0.15) is 58.1 Å². The van der Waals surface area contributed by atoms with E-state index in [0.717, 1.165) is 43.1 Å². The molecular weight excluding hydrogens is 346 g/mol. The van der Waals surface area contributed by atoms with E-state index < -0.39 is 0 Å². The van der Waals surface area contributed by atoms with Crippen LogP contribution in [0.4, 0.5) is 0 Å². The molecule has 4 heteroatoms. The average molecular weight is 378 g/mol. The molecule has 0 unspecified atom stereocenters. The number of hydrogen-bond donors (Lipinski definition) is 0. The summed E-state index contributed by atoms with van der Waals surface area (Å²) in [5, 5.41) is 0.809. The molecule has 0 spiro atoms. The third-order valence-corrected chi connectivity index (χ3v) is 5.34. The zero-order valence-corrected chi connectivity index (χ0v) is 17.4. The van der Waals surface area contributed by atoms with Crippen LogP contribution in [0.3, 0.4) is 0 Å². The smallest absolute Gasteiger partial charge is 0.311 e. The van der Waals surface area contributed by atoms with Gasteiger partial charge in [-0.2, -0.15) is 0 Å². The van der Waals surface area contributed by atoms with Crippen molar-refractivity contribution in [1.82, 2.24) is 4.90 Å². The first-order valence-electron chi connectivity index (χ1n) is 9.58. The summed E-state index contributed by atoms with van der Waals surface area (Å²) >= 11 is 6.23. The van der Waals surface area contributed by atoms with Crippen LogP contribution in [0.25, 0.3) is 0 Å². The molecule has 0 saturated carbocycles. The number of nitrogens with zero attached hydrogens (tertiary/aromatic N) is 1. The Kier molecular flexibility index (Phi) is 7.16. The van der Waals surface area contributed by atoms with E-state index in [0.29, 0.717) is 18.9 Å². The molecule has 0 bridgehead atoms. The predicted octanol–water partition coefficient (Wildman–Crippen LogP) is 5.36. The van der Waals surface area contributed by atoms with Gasteiger partial charge < -0.3 is 9.64 Å². The van der Waals surface area contributed by atoms with Crippen molar-refractivity contribution in [3.63, 3.8) is 0 Å². The summed E-state index contributed by atoms with van der Waals surface area (Å²) in [5.41, 5.74) is 3.73. The van der Waals surface area contributed by atoms with Crippen LogP contribution in [0.5, 0.6) is 0 Å². The van der Waals surface area contributed by atoms with Crippen LogP contribution in [0.2, 0.25) is 5.02 Å². The molecule has 0 aliphatic carbocycles. The number of ether oxygens (including phenoxy) is 1. The Hall–Kier alpha value is -1.48. The maximum atomic E-state index is 11.6. The standard InChI is InChI=1S/C22H32ClNO2/c1-6-26-21(25)13-16(2)24-11-9-17(10-12-24)14-18-7-8-19(23)15-20(18)22(3,4)5/h7-8,15,17H,2,6,9-14H2,1,3-5H3. The summed E-state index contributed by atoms with van der Waals surface area (Å²) in [6.45, 7) is 15.0. The van der Waals surface area contributed by atoms with E-state index in [1.807, 2.05) is 13.0 Å². The number of piperidine rings is 1. The van der Waals surface area contributed by atoms with Gasteiger partial charge in [0.15, 0.2) is 0 Å². The van der Waals surface area contributed by atoms with Gasteiger partial charge in [-0.1, -0.05) is 45.0 Å². The van der Waals surface area contributed by atoms with Crippen molar-refractivity contribution < 1.29 is 9.53 Å². The normalized spacial score (nSPS) is 15.8. The lowest BCUT2D eigenvalue weighted by molar-refractivity contribution is -0.142. The monoisotopic (exact) mass is 377 g/mol. The van der Waals surface area contributed by atoms with Gasteiger partial charge in [0.25, 0.3) is 0 Å². The minimum Gasteiger partial charge on any atom is -0.466 e. The Labute approximate surface area is 163 Å². The molecular formula is C22H32ClNO2. The summed E-state index contributed by atoms with van der Waals surface area (Å²) in [6.07, 6.45) is 3.62. The number of esters is 1. The largest absolute Gasteiger partial charge is 0.466 e. The molecule has 26 heavy (non-hydrogen) atoms. The third kappa shape index (κ3) is 5.77. The Balaban J connectivity index is 1.93. The summed E-state index contributed by atoms with van der Waals surface area (Å²) in [7, 11) is 0. The molecule has 0 N–H and O–H groups in total. The van der Waals surface area contributed by atoms with E-state index in [4.69, 9.17) is 16.3 Å². The van der Waals surface area contributed by atoms with Gasteiger partial charge in [-0.05, 0) is 60.8 Å². The number of carbonyl (C=O) groups is 1. The third-order valence-electron chi connectivity index (χ3n) is 5.10. The molecule has 2 rings (SSSR count). The highest BCUT2D eigenvalue weighted by Crippen LogP contribution is 2.32. The minimum absolute atomic E-state index is 0.0921. The van der Waals surface area contributed by atoms with Gasteiger partial charge in [-0.3, -0.25) is 4.79 Å². The first-order valence-corrected chi connectivity index (χ1v) is 9.95. The molecule has 1 aliphatic heterocycles. The molecule has 1 aliphatic rings. The predicted molar refractivity (Wildman–Crippen MR) is 109 cm³/mol. The Bertz CT molecular complexity index is 640. The Morgan fingerprint density at radius 3 is 2.54 bits per heavy atom. The van der Waals surface area contributed by atoms with E-state index >= 15 is 0 Å². The van der Waals surface area contributed by atoms with Crippen molar-refractivity contribution in [1.29, 1.82) is 0 Å². The molecule has 1 aromatic rings. The van der Waals surface area contributed by atoms with Crippen LogP contribution in [-0.2, 0) is 21.4 Å². The average Bonchev–Trinajstić information content (AvgIpc) is 2.56. The highest BCUT2D eigenvalue weighted by molar-refractivity contribution is 6.30. The number of hydrogen-bond acceptors (Lipinski definition) is 3. The van der Waals surface area contributed by atoms with Crippen LogP contribution >= 0.6 is 11.6 Å². The zero-order valence-electron chi connectivity index (χ0n) is 16.6. The lowest BCUT2D eigenvalue weighted by atomic mass is 9.80. The van der Waals surface area contributed by atoms with Crippen molar-refractivity contribution in [2.24, 2.45) is 5.92 Å². The van der Waals surface area contributed by atoms with E-state index in [9.17, 15) is 4.79 Å². The van der Waals surface area contributed by atoms with Gasteiger partial charge >= 0.3 is 5.97 Å². The van der Waals surface area contributed by atoms with Crippen molar-refractivity contribution in [2.75, 3.05) is 19.7 Å². The first kappa shape index (κ1) is 20.8. The Morgan fingerprint density at radius 1 is 1.31 bits per heavy atom. The molecule has 144 valence electrons. The zero-order chi connectivity index (χ0) is 19.3. The molecule has 0 atom stereocenters. The van der Waals surface area contributed by atoms with Crippen LogP contribution < -0.4 is 0 Å². The highest BCUT2D eigenvalue weighted by atomic mass is 35.5.